The lowest BCUT2D eigenvalue weighted by atomic mass is 10.1. The van der Waals surface area contributed by atoms with E-state index >= 15 is 0 Å². The zero-order chi connectivity index (χ0) is 23.5. The number of fused-ring (bicyclic) bond motifs is 1. The molecule has 0 bridgehead atoms. The van der Waals surface area contributed by atoms with Crippen molar-refractivity contribution >= 4 is 40.8 Å². The van der Waals surface area contributed by atoms with Gasteiger partial charge in [0.25, 0.3) is 0 Å². The van der Waals surface area contributed by atoms with Crippen LogP contribution < -0.4 is 22.1 Å². The molecule has 5 rings (SSSR count). The van der Waals surface area contributed by atoms with Crippen LogP contribution in [-0.4, -0.2) is 34.6 Å². The van der Waals surface area contributed by atoms with E-state index < -0.39 is 11.6 Å². The first-order valence-electron chi connectivity index (χ1n) is 10.4. The van der Waals surface area contributed by atoms with Crippen molar-refractivity contribution in [3.05, 3.63) is 59.4 Å². The quantitative estimate of drug-likeness (QED) is 0.503. The van der Waals surface area contributed by atoms with Crippen molar-refractivity contribution in [2.45, 2.75) is 16.3 Å². The van der Waals surface area contributed by atoms with Crippen LogP contribution in [0.15, 0.2) is 52.6 Å². The predicted molar refractivity (Wildman–Crippen MR) is 127 cm³/mol. The highest BCUT2D eigenvalue weighted by molar-refractivity contribution is 7.99. The molecule has 2 fully saturated rings. The number of nitrogens with two attached hydrogens (primary N) is 3. The van der Waals surface area contributed by atoms with Crippen molar-refractivity contribution in [2.24, 2.45) is 23.5 Å². The lowest BCUT2D eigenvalue weighted by molar-refractivity contribution is 0.508. The molecule has 3 heterocycles. The van der Waals surface area contributed by atoms with Crippen LogP contribution in [-0.2, 0) is 0 Å². The molecule has 0 spiro atoms. The van der Waals surface area contributed by atoms with Gasteiger partial charge in [0.2, 0.25) is 0 Å². The van der Waals surface area contributed by atoms with Gasteiger partial charge in [0.15, 0.2) is 17.5 Å². The van der Waals surface area contributed by atoms with Crippen LogP contribution in [0, 0.1) is 29.4 Å². The minimum Gasteiger partial charge on any atom is -0.382 e. The van der Waals surface area contributed by atoms with Gasteiger partial charge in [-0.3, -0.25) is 0 Å². The highest BCUT2D eigenvalue weighted by atomic mass is 35.5. The van der Waals surface area contributed by atoms with E-state index in [4.69, 9.17) is 28.8 Å². The van der Waals surface area contributed by atoms with E-state index in [1.807, 2.05) is 0 Å². The van der Waals surface area contributed by atoms with Gasteiger partial charge in [-0.05, 0) is 48.9 Å². The molecular weight excluding hydrogens is 468 g/mol. The summed E-state index contributed by atoms with van der Waals surface area (Å²) in [7, 11) is 0. The van der Waals surface area contributed by atoms with Gasteiger partial charge >= 0.3 is 0 Å². The Balaban J connectivity index is 0.000000275. The number of hydrogen-bond acceptors (Lipinski definition) is 8. The largest absolute Gasteiger partial charge is 0.382 e. The fourth-order valence-corrected chi connectivity index (χ4v) is 5.12. The van der Waals surface area contributed by atoms with Crippen LogP contribution in [0.1, 0.15) is 6.42 Å². The maximum absolute atomic E-state index is 11.9. The molecule has 0 radical (unpaired) electrons. The fraction of sp³-hybridized carbons (Fsp3) is 0.318. The summed E-state index contributed by atoms with van der Waals surface area (Å²) in [4.78, 5) is 16.0. The van der Waals surface area contributed by atoms with Crippen LogP contribution in [0.2, 0.25) is 5.02 Å². The predicted octanol–water partition coefficient (Wildman–Crippen LogP) is 3.84. The third-order valence-corrected chi connectivity index (χ3v) is 7.51. The van der Waals surface area contributed by atoms with E-state index in [-0.39, 0.29) is 5.82 Å². The molecule has 2 aliphatic rings. The third kappa shape index (κ3) is 5.29. The number of piperidine rings is 1. The summed E-state index contributed by atoms with van der Waals surface area (Å²) >= 11 is 7.52. The lowest BCUT2D eigenvalue weighted by Gasteiger charge is -2.27. The fourth-order valence-electron chi connectivity index (χ4n) is 4.11. The monoisotopic (exact) mass is 491 g/mol. The lowest BCUT2D eigenvalue weighted by Crippen LogP contribution is -2.32. The normalized spacial score (nSPS) is 21.1. The first-order chi connectivity index (χ1) is 15.9. The molecule has 1 aliphatic heterocycles. The summed E-state index contributed by atoms with van der Waals surface area (Å²) in [5.41, 5.74) is 17.7. The Morgan fingerprint density at radius 1 is 1.06 bits per heavy atom. The summed E-state index contributed by atoms with van der Waals surface area (Å²) in [6, 6.07) is 6.82. The Morgan fingerprint density at radius 2 is 1.79 bits per heavy atom. The first-order valence-corrected chi connectivity index (χ1v) is 11.6. The molecule has 7 nitrogen and oxygen atoms in total. The van der Waals surface area contributed by atoms with Crippen molar-refractivity contribution in [1.82, 2.24) is 15.0 Å². The Hall–Kier alpha value is -2.69. The Bertz CT molecular complexity index is 1110. The number of anilines is 3. The maximum Gasteiger partial charge on any atom is 0.158 e. The molecule has 174 valence electrons. The number of rotatable bonds is 4. The number of aromatic nitrogens is 3. The van der Waals surface area contributed by atoms with Crippen LogP contribution in [0.3, 0.4) is 0 Å². The molecule has 1 aliphatic carbocycles. The molecule has 2 aromatic heterocycles. The summed E-state index contributed by atoms with van der Waals surface area (Å²) < 4.78 is 23.9. The zero-order valence-electron chi connectivity index (χ0n) is 17.7. The SMILES string of the molecule is Fc1ccccc1F.NCC1[C@H]2CN(c3cnc(Sc4ccnc(N)c4Cl)c(N)n3)CC[C@@H]12. The molecule has 1 saturated heterocycles. The summed E-state index contributed by atoms with van der Waals surface area (Å²) in [6.07, 6.45) is 4.54. The van der Waals surface area contributed by atoms with Crippen molar-refractivity contribution in [2.75, 3.05) is 36.0 Å². The topological polar surface area (TPSA) is 120 Å². The molecule has 6 N–H and O–H groups in total. The van der Waals surface area contributed by atoms with E-state index in [2.05, 4.69) is 19.9 Å². The minimum atomic E-state index is -0.799. The molecule has 3 aromatic rings. The maximum atomic E-state index is 11.9. The van der Waals surface area contributed by atoms with E-state index in [9.17, 15) is 8.78 Å². The van der Waals surface area contributed by atoms with Gasteiger partial charge in [-0.25, -0.2) is 23.7 Å². The van der Waals surface area contributed by atoms with Gasteiger partial charge in [-0.15, -0.1) is 0 Å². The van der Waals surface area contributed by atoms with Gasteiger partial charge in [0, 0.05) is 24.2 Å². The number of nitrogens with zero attached hydrogens (tertiary/aromatic N) is 4. The summed E-state index contributed by atoms with van der Waals surface area (Å²) in [5, 5.41) is 1.01. The van der Waals surface area contributed by atoms with E-state index in [0.29, 0.717) is 27.7 Å². The molecule has 3 atom stereocenters. The van der Waals surface area contributed by atoms with Crippen molar-refractivity contribution in [1.29, 1.82) is 0 Å². The van der Waals surface area contributed by atoms with Crippen LogP contribution in [0.25, 0.3) is 0 Å². The zero-order valence-corrected chi connectivity index (χ0v) is 19.2. The Morgan fingerprint density at radius 3 is 2.42 bits per heavy atom. The molecule has 11 heteroatoms. The van der Waals surface area contributed by atoms with Gasteiger partial charge in [0.05, 0.1) is 11.2 Å². The number of halogens is 3. The van der Waals surface area contributed by atoms with Crippen molar-refractivity contribution in [3.8, 4) is 0 Å². The minimum absolute atomic E-state index is 0.288. The third-order valence-electron chi connectivity index (χ3n) is 5.93. The highest BCUT2D eigenvalue weighted by Crippen LogP contribution is 2.51. The molecule has 0 amide bonds. The molecule has 33 heavy (non-hydrogen) atoms. The second-order valence-electron chi connectivity index (χ2n) is 7.91. The van der Waals surface area contributed by atoms with Crippen LogP contribution >= 0.6 is 23.4 Å². The smallest absolute Gasteiger partial charge is 0.158 e. The average Bonchev–Trinajstić information content (AvgIpc) is 3.53. The number of pyridine rings is 1. The van der Waals surface area contributed by atoms with E-state index in [1.54, 1.807) is 18.5 Å². The summed E-state index contributed by atoms with van der Waals surface area (Å²) in [6.45, 7) is 2.74. The summed E-state index contributed by atoms with van der Waals surface area (Å²) in [5.74, 6) is 2.06. The van der Waals surface area contributed by atoms with Crippen LogP contribution in [0.5, 0.6) is 0 Å². The van der Waals surface area contributed by atoms with E-state index in [1.165, 1.54) is 23.9 Å². The van der Waals surface area contributed by atoms with Gasteiger partial charge in [-0.1, -0.05) is 35.5 Å². The van der Waals surface area contributed by atoms with Gasteiger partial charge in [0.1, 0.15) is 16.7 Å². The van der Waals surface area contributed by atoms with Crippen LogP contribution in [0.4, 0.5) is 26.2 Å². The Labute approximate surface area is 199 Å². The molecule has 1 unspecified atom stereocenters. The Kier molecular flexibility index (Phi) is 7.16. The first kappa shape index (κ1) is 23.5. The van der Waals surface area contributed by atoms with Crippen molar-refractivity contribution < 1.29 is 8.78 Å². The standard InChI is InChI=1S/C16H20ClN7S.C6H4F2/c17-13-11(1-3-21-14(13)19)25-16-15(20)23-12(6-22-16)24-4-2-8-9(5-18)10(8)7-24;7-5-3-1-2-4-6(5)8/h1,3,6,8-10H,2,4-5,7,18H2,(H2,19,21)(H2,20,23);1-4H/t8-,9?,10-;/m0./s1. The second-order valence-corrected chi connectivity index (χ2v) is 9.31. The number of benzene rings is 1. The van der Waals surface area contributed by atoms with Gasteiger partial charge in [-0.2, -0.15) is 0 Å². The number of hydrogen-bond donors (Lipinski definition) is 3. The van der Waals surface area contributed by atoms with E-state index in [0.717, 1.165) is 54.8 Å². The number of nitrogen functional groups attached to an aromatic ring is 2. The molecule has 1 saturated carbocycles. The van der Waals surface area contributed by atoms with Crippen molar-refractivity contribution in [3.63, 3.8) is 0 Å². The molecular formula is C22H24ClF2N7S. The molecule has 1 aromatic carbocycles. The highest BCUT2D eigenvalue weighted by Gasteiger charge is 2.51. The van der Waals surface area contributed by atoms with Gasteiger partial charge < -0.3 is 22.1 Å². The average molecular weight is 492 g/mol. The second kappa shape index (κ2) is 10.1.